The molecule has 1 rings (SSSR count). The summed E-state index contributed by atoms with van der Waals surface area (Å²) in [6, 6.07) is 3.19. The molecular formula is C11H11F3N2O2S. The molecule has 0 fully saturated rings. The van der Waals surface area contributed by atoms with Crippen LogP contribution in [0.15, 0.2) is 18.2 Å². The van der Waals surface area contributed by atoms with Crippen molar-refractivity contribution >= 4 is 28.9 Å². The van der Waals surface area contributed by atoms with Crippen molar-refractivity contribution in [2.45, 2.75) is 6.18 Å². The molecule has 3 N–H and O–H groups in total. The van der Waals surface area contributed by atoms with E-state index < -0.39 is 17.7 Å². The number of thiocarbonyl (C=S) groups is 1. The number of hydrogen-bond acceptors (Lipinski definition) is 4. The molecule has 0 aromatic heterocycles. The highest BCUT2D eigenvalue weighted by Gasteiger charge is 2.34. The number of benzene rings is 1. The van der Waals surface area contributed by atoms with Crippen LogP contribution < -0.4 is 11.1 Å². The number of anilines is 1. The van der Waals surface area contributed by atoms with Gasteiger partial charge in [0, 0.05) is 11.3 Å². The number of nitrogens with two attached hydrogens (primary N) is 1. The summed E-state index contributed by atoms with van der Waals surface area (Å²) < 4.78 is 42.5. The van der Waals surface area contributed by atoms with E-state index in [-0.39, 0.29) is 17.1 Å². The van der Waals surface area contributed by atoms with E-state index in [0.29, 0.717) is 5.69 Å². The lowest BCUT2D eigenvalue weighted by Crippen LogP contribution is -2.19. The van der Waals surface area contributed by atoms with Crippen molar-refractivity contribution in [2.24, 2.45) is 5.73 Å². The zero-order valence-corrected chi connectivity index (χ0v) is 10.7. The smallest absolute Gasteiger partial charge is 0.417 e. The van der Waals surface area contributed by atoms with Crippen molar-refractivity contribution in [2.75, 3.05) is 19.0 Å². The second-order valence-electron chi connectivity index (χ2n) is 3.55. The van der Waals surface area contributed by atoms with Gasteiger partial charge in [0.15, 0.2) is 0 Å². The summed E-state index contributed by atoms with van der Waals surface area (Å²) in [6.45, 7) is -0.168. The molecule has 0 aliphatic heterocycles. The number of methoxy groups -OCH3 is 1. The highest BCUT2D eigenvalue weighted by Crippen LogP contribution is 2.33. The van der Waals surface area contributed by atoms with Crippen LogP contribution in [0, 0.1) is 0 Å². The Morgan fingerprint density at radius 1 is 1.47 bits per heavy atom. The minimum absolute atomic E-state index is 0.168. The minimum atomic E-state index is -4.54. The largest absolute Gasteiger partial charge is 0.468 e. The quantitative estimate of drug-likeness (QED) is 0.656. The molecular weight excluding hydrogens is 281 g/mol. The molecule has 8 heteroatoms. The zero-order valence-electron chi connectivity index (χ0n) is 9.88. The van der Waals surface area contributed by atoms with E-state index >= 15 is 0 Å². The van der Waals surface area contributed by atoms with Crippen LogP contribution in [-0.2, 0) is 15.7 Å². The van der Waals surface area contributed by atoms with Gasteiger partial charge in [-0.1, -0.05) is 12.2 Å². The van der Waals surface area contributed by atoms with Gasteiger partial charge in [0.1, 0.15) is 11.5 Å². The predicted octanol–water partition coefficient (Wildman–Crippen LogP) is 1.92. The Kier molecular flexibility index (Phi) is 4.71. The van der Waals surface area contributed by atoms with Gasteiger partial charge in [0.05, 0.1) is 12.7 Å². The van der Waals surface area contributed by atoms with Gasteiger partial charge in [-0.05, 0) is 18.2 Å². The van der Waals surface area contributed by atoms with Crippen molar-refractivity contribution in [1.82, 2.24) is 0 Å². The molecule has 1 aromatic carbocycles. The lowest BCUT2D eigenvalue weighted by Gasteiger charge is -2.14. The molecule has 0 saturated heterocycles. The lowest BCUT2D eigenvalue weighted by atomic mass is 10.1. The first-order valence-corrected chi connectivity index (χ1v) is 5.48. The van der Waals surface area contributed by atoms with Crippen molar-refractivity contribution in [1.29, 1.82) is 0 Å². The molecule has 104 valence electrons. The van der Waals surface area contributed by atoms with Crippen LogP contribution in [0.3, 0.4) is 0 Å². The van der Waals surface area contributed by atoms with Crippen LogP contribution in [0.1, 0.15) is 11.1 Å². The molecule has 0 amide bonds. The SMILES string of the molecule is COC(=O)CNc1ccc(C(F)(F)F)c(C(N)=S)c1. The first kappa shape index (κ1) is 15.2. The minimum Gasteiger partial charge on any atom is -0.468 e. The van der Waals surface area contributed by atoms with Gasteiger partial charge in [0.25, 0.3) is 0 Å². The Balaban J connectivity index is 3.03. The molecule has 0 aliphatic carbocycles. The molecule has 0 radical (unpaired) electrons. The number of nitrogens with one attached hydrogen (secondary N) is 1. The molecule has 0 saturated carbocycles. The Bertz CT molecular complexity index is 503. The summed E-state index contributed by atoms with van der Waals surface area (Å²) in [4.78, 5) is 10.5. The van der Waals surface area contributed by atoms with E-state index in [0.717, 1.165) is 12.1 Å². The summed E-state index contributed by atoms with van der Waals surface area (Å²) in [5.41, 5.74) is 4.36. The van der Waals surface area contributed by atoms with Crippen molar-refractivity contribution in [3.05, 3.63) is 29.3 Å². The van der Waals surface area contributed by atoms with Crippen LogP contribution in [0.4, 0.5) is 18.9 Å². The number of halogens is 3. The lowest BCUT2D eigenvalue weighted by molar-refractivity contribution is -0.139. The topological polar surface area (TPSA) is 64.3 Å². The molecule has 4 nitrogen and oxygen atoms in total. The highest BCUT2D eigenvalue weighted by molar-refractivity contribution is 7.80. The molecule has 19 heavy (non-hydrogen) atoms. The van der Waals surface area contributed by atoms with E-state index in [2.05, 4.69) is 22.3 Å². The van der Waals surface area contributed by atoms with E-state index in [1.807, 2.05) is 0 Å². The van der Waals surface area contributed by atoms with Crippen molar-refractivity contribution in [3.63, 3.8) is 0 Å². The fourth-order valence-corrected chi connectivity index (χ4v) is 1.52. The number of rotatable bonds is 4. The maximum Gasteiger partial charge on any atom is 0.417 e. The third-order valence-corrected chi connectivity index (χ3v) is 2.47. The maximum atomic E-state index is 12.7. The molecule has 0 spiro atoms. The van der Waals surface area contributed by atoms with Crippen LogP contribution in [0.5, 0.6) is 0 Å². The van der Waals surface area contributed by atoms with Gasteiger partial charge in [0.2, 0.25) is 0 Å². The summed E-state index contributed by atoms with van der Waals surface area (Å²) in [6.07, 6.45) is -4.54. The standard InChI is InChI=1S/C11H11F3N2O2S/c1-18-9(17)5-16-6-2-3-8(11(12,13)14)7(4-6)10(15)19/h2-4,16H,5H2,1H3,(H2,15,19). The summed E-state index contributed by atoms with van der Waals surface area (Å²) in [5.74, 6) is -0.545. The number of hydrogen-bond donors (Lipinski definition) is 2. The van der Waals surface area contributed by atoms with Crippen LogP contribution in [0.2, 0.25) is 0 Å². The second-order valence-corrected chi connectivity index (χ2v) is 3.99. The van der Waals surface area contributed by atoms with Crippen LogP contribution in [-0.4, -0.2) is 24.6 Å². The normalized spacial score (nSPS) is 10.9. The Labute approximate surface area is 112 Å². The third kappa shape index (κ3) is 4.09. The van der Waals surface area contributed by atoms with Crippen LogP contribution >= 0.6 is 12.2 Å². The summed E-state index contributed by atoms with van der Waals surface area (Å²) in [5, 5.41) is 2.61. The number of ether oxygens (including phenoxy) is 1. The van der Waals surface area contributed by atoms with Crippen molar-refractivity contribution < 1.29 is 22.7 Å². The first-order chi connectivity index (χ1) is 8.75. The van der Waals surface area contributed by atoms with Gasteiger partial charge in [-0.15, -0.1) is 0 Å². The Hall–Kier alpha value is -1.83. The van der Waals surface area contributed by atoms with Gasteiger partial charge in [-0.3, -0.25) is 4.79 Å². The first-order valence-electron chi connectivity index (χ1n) is 5.07. The number of carbonyl (C=O) groups excluding carboxylic acids is 1. The zero-order chi connectivity index (χ0) is 14.6. The third-order valence-electron chi connectivity index (χ3n) is 2.25. The highest BCUT2D eigenvalue weighted by atomic mass is 32.1. The Morgan fingerprint density at radius 3 is 2.58 bits per heavy atom. The van der Waals surface area contributed by atoms with Crippen molar-refractivity contribution in [3.8, 4) is 0 Å². The fraction of sp³-hybridized carbons (Fsp3) is 0.273. The maximum absolute atomic E-state index is 12.7. The van der Waals surface area contributed by atoms with Gasteiger partial charge in [-0.25, -0.2) is 0 Å². The molecule has 0 unspecified atom stereocenters. The van der Waals surface area contributed by atoms with E-state index in [9.17, 15) is 18.0 Å². The second kappa shape index (κ2) is 5.87. The molecule has 0 heterocycles. The Morgan fingerprint density at radius 2 is 2.11 bits per heavy atom. The van der Waals surface area contributed by atoms with Gasteiger partial charge >= 0.3 is 12.1 Å². The summed E-state index contributed by atoms with van der Waals surface area (Å²) >= 11 is 4.59. The van der Waals surface area contributed by atoms with E-state index in [1.54, 1.807) is 0 Å². The average molecular weight is 292 g/mol. The summed E-state index contributed by atoms with van der Waals surface area (Å²) in [7, 11) is 1.21. The number of esters is 1. The fourth-order valence-electron chi connectivity index (χ4n) is 1.35. The van der Waals surface area contributed by atoms with E-state index in [1.165, 1.54) is 13.2 Å². The molecule has 0 bridgehead atoms. The molecule has 0 atom stereocenters. The number of alkyl halides is 3. The van der Waals surface area contributed by atoms with Gasteiger partial charge in [-0.2, -0.15) is 13.2 Å². The predicted molar refractivity (Wildman–Crippen MR) is 67.8 cm³/mol. The molecule has 1 aromatic rings. The molecule has 0 aliphatic rings. The van der Waals surface area contributed by atoms with Gasteiger partial charge < -0.3 is 15.8 Å². The monoisotopic (exact) mass is 292 g/mol. The average Bonchev–Trinajstić information content (AvgIpc) is 2.34. The number of carbonyl (C=O) groups is 1. The van der Waals surface area contributed by atoms with E-state index in [4.69, 9.17) is 5.73 Å². The van der Waals surface area contributed by atoms with Crippen LogP contribution in [0.25, 0.3) is 0 Å².